The molecule has 0 bridgehead atoms. The van der Waals surface area contributed by atoms with E-state index in [4.69, 9.17) is 4.74 Å². The number of carboxylic acids is 1. The number of carbonyl (C=O) groups excluding carboxylic acids is 1. The van der Waals surface area contributed by atoms with Crippen molar-refractivity contribution < 1.29 is 19.4 Å². The maximum absolute atomic E-state index is 12.4. The summed E-state index contributed by atoms with van der Waals surface area (Å²) >= 11 is 0. The molecular weight excluding hydrogens is 306 g/mol. The van der Waals surface area contributed by atoms with Crippen molar-refractivity contribution in [2.45, 2.75) is 31.9 Å². The summed E-state index contributed by atoms with van der Waals surface area (Å²) in [5, 5.41) is 12.0. The van der Waals surface area contributed by atoms with Gasteiger partial charge in [0.15, 0.2) is 0 Å². The van der Waals surface area contributed by atoms with Gasteiger partial charge in [0.1, 0.15) is 17.9 Å². The van der Waals surface area contributed by atoms with E-state index in [1.165, 1.54) is 0 Å². The van der Waals surface area contributed by atoms with Crippen molar-refractivity contribution in [1.29, 1.82) is 0 Å². The maximum Gasteiger partial charge on any atom is 0.326 e. The highest BCUT2D eigenvalue weighted by molar-refractivity contribution is 5.97. The molecule has 5 nitrogen and oxygen atoms in total. The van der Waals surface area contributed by atoms with Crippen molar-refractivity contribution in [2.24, 2.45) is 0 Å². The van der Waals surface area contributed by atoms with Gasteiger partial charge in [0.25, 0.3) is 5.91 Å². The first kappa shape index (κ1) is 16.1. The van der Waals surface area contributed by atoms with Crippen molar-refractivity contribution >= 4 is 11.9 Å². The lowest BCUT2D eigenvalue weighted by Gasteiger charge is -2.15. The largest absolute Gasteiger partial charge is 0.490 e. The predicted octanol–water partition coefficient (Wildman–Crippen LogP) is 2.44. The van der Waals surface area contributed by atoms with Crippen LogP contribution in [-0.4, -0.2) is 29.1 Å². The SMILES string of the molecule is CC1Cc2cc(C(=O)N[C@@H](Cc3ccccc3)C(=O)O)ccc2O1. The average Bonchev–Trinajstić information content (AvgIpc) is 2.94. The van der Waals surface area contributed by atoms with Crippen LogP contribution < -0.4 is 10.1 Å². The molecule has 1 aliphatic heterocycles. The number of hydrogen-bond donors (Lipinski definition) is 2. The maximum atomic E-state index is 12.4. The lowest BCUT2D eigenvalue weighted by Crippen LogP contribution is -2.42. The van der Waals surface area contributed by atoms with Gasteiger partial charge >= 0.3 is 5.97 Å². The Bertz CT molecular complexity index is 757. The average molecular weight is 325 g/mol. The topological polar surface area (TPSA) is 75.6 Å². The third-order valence-corrected chi connectivity index (χ3v) is 4.04. The number of aliphatic carboxylic acids is 1. The third kappa shape index (κ3) is 3.56. The quantitative estimate of drug-likeness (QED) is 0.885. The van der Waals surface area contributed by atoms with Gasteiger partial charge in [-0.25, -0.2) is 4.79 Å². The second-order valence-electron chi connectivity index (χ2n) is 6.01. The molecule has 0 aromatic heterocycles. The van der Waals surface area contributed by atoms with Crippen LogP contribution in [0.1, 0.15) is 28.4 Å². The zero-order valence-corrected chi connectivity index (χ0v) is 13.4. The zero-order chi connectivity index (χ0) is 17.1. The number of carbonyl (C=O) groups is 2. The van der Waals surface area contributed by atoms with Gasteiger partial charge in [0, 0.05) is 18.4 Å². The molecule has 1 heterocycles. The molecule has 3 rings (SSSR count). The number of carboxylic acid groups (broad SMARTS) is 1. The Morgan fingerprint density at radius 1 is 1.25 bits per heavy atom. The van der Waals surface area contributed by atoms with Gasteiger partial charge in [-0.2, -0.15) is 0 Å². The fraction of sp³-hybridized carbons (Fsp3) is 0.263. The van der Waals surface area contributed by atoms with Gasteiger partial charge in [-0.1, -0.05) is 30.3 Å². The Hall–Kier alpha value is -2.82. The van der Waals surface area contributed by atoms with Crippen molar-refractivity contribution in [3.63, 3.8) is 0 Å². The van der Waals surface area contributed by atoms with Gasteiger partial charge < -0.3 is 15.2 Å². The second kappa shape index (κ2) is 6.74. The minimum Gasteiger partial charge on any atom is -0.490 e. The van der Waals surface area contributed by atoms with Gasteiger partial charge in [-0.3, -0.25) is 4.79 Å². The number of fused-ring (bicyclic) bond motifs is 1. The van der Waals surface area contributed by atoms with Crippen molar-refractivity contribution in [3.05, 3.63) is 65.2 Å². The van der Waals surface area contributed by atoms with E-state index >= 15 is 0 Å². The monoisotopic (exact) mass is 325 g/mol. The number of amides is 1. The minimum atomic E-state index is -1.05. The van der Waals surface area contributed by atoms with Crippen LogP contribution in [0, 0.1) is 0 Å². The summed E-state index contributed by atoms with van der Waals surface area (Å²) in [6, 6.07) is 13.5. The van der Waals surface area contributed by atoms with Crippen LogP contribution in [0.5, 0.6) is 5.75 Å². The van der Waals surface area contributed by atoms with Gasteiger partial charge in [-0.05, 0) is 36.2 Å². The van der Waals surface area contributed by atoms with Crippen LogP contribution in [0.25, 0.3) is 0 Å². The van der Waals surface area contributed by atoms with Gasteiger partial charge in [0.05, 0.1) is 0 Å². The molecule has 0 radical (unpaired) electrons. The van der Waals surface area contributed by atoms with E-state index in [1.54, 1.807) is 18.2 Å². The number of rotatable bonds is 5. The van der Waals surface area contributed by atoms with E-state index in [0.29, 0.717) is 5.56 Å². The lowest BCUT2D eigenvalue weighted by atomic mass is 10.0. The van der Waals surface area contributed by atoms with Crippen molar-refractivity contribution in [2.75, 3.05) is 0 Å². The molecule has 0 fully saturated rings. The number of ether oxygens (including phenoxy) is 1. The molecule has 0 saturated carbocycles. The summed E-state index contributed by atoms with van der Waals surface area (Å²) in [6.45, 7) is 1.97. The van der Waals surface area contributed by atoms with E-state index in [1.807, 2.05) is 37.3 Å². The molecule has 0 aliphatic carbocycles. The van der Waals surface area contributed by atoms with Crippen LogP contribution in [0.15, 0.2) is 48.5 Å². The molecule has 0 saturated heterocycles. The first-order chi connectivity index (χ1) is 11.5. The van der Waals surface area contributed by atoms with Crippen LogP contribution in [0.3, 0.4) is 0 Å². The van der Waals surface area contributed by atoms with E-state index in [2.05, 4.69) is 5.32 Å². The number of hydrogen-bond acceptors (Lipinski definition) is 3. The van der Waals surface area contributed by atoms with Gasteiger partial charge in [0.2, 0.25) is 0 Å². The lowest BCUT2D eigenvalue weighted by molar-refractivity contribution is -0.139. The molecular formula is C19H19NO4. The molecule has 24 heavy (non-hydrogen) atoms. The Balaban J connectivity index is 1.72. The Kier molecular flexibility index (Phi) is 4.51. The highest BCUT2D eigenvalue weighted by atomic mass is 16.5. The summed E-state index contributed by atoms with van der Waals surface area (Å²) in [5.74, 6) is -0.649. The third-order valence-electron chi connectivity index (χ3n) is 4.04. The number of benzene rings is 2. The first-order valence-electron chi connectivity index (χ1n) is 7.90. The fourth-order valence-electron chi connectivity index (χ4n) is 2.85. The summed E-state index contributed by atoms with van der Waals surface area (Å²) in [7, 11) is 0. The Morgan fingerprint density at radius 3 is 2.71 bits per heavy atom. The van der Waals surface area contributed by atoms with Crippen LogP contribution in [-0.2, 0) is 17.6 Å². The van der Waals surface area contributed by atoms with Crippen molar-refractivity contribution in [3.8, 4) is 5.75 Å². The highest BCUT2D eigenvalue weighted by Gasteiger charge is 2.24. The van der Waals surface area contributed by atoms with E-state index in [-0.39, 0.29) is 18.4 Å². The van der Waals surface area contributed by atoms with Crippen LogP contribution >= 0.6 is 0 Å². The normalized spacial score (nSPS) is 16.8. The fourth-order valence-corrected chi connectivity index (χ4v) is 2.85. The molecule has 0 spiro atoms. The van der Waals surface area contributed by atoms with Crippen molar-refractivity contribution in [1.82, 2.24) is 5.32 Å². The first-order valence-corrected chi connectivity index (χ1v) is 7.90. The summed E-state index contributed by atoms with van der Waals surface area (Å²) < 4.78 is 5.61. The summed E-state index contributed by atoms with van der Waals surface area (Å²) in [4.78, 5) is 23.9. The molecule has 2 atom stereocenters. The zero-order valence-electron chi connectivity index (χ0n) is 13.4. The molecule has 1 unspecified atom stereocenters. The molecule has 124 valence electrons. The molecule has 2 aromatic carbocycles. The summed E-state index contributed by atoms with van der Waals surface area (Å²) in [6.07, 6.45) is 1.10. The van der Waals surface area contributed by atoms with E-state index in [0.717, 1.165) is 23.3 Å². The van der Waals surface area contributed by atoms with E-state index in [9.17, 15) is 14.7 Å². The number of nitrogens with one attached hydrogen (secondary N) is 1. The smallest absolute Gasteiger partial charge is 0.326 e. The highest BCUT2D eigenvalue weighted by Crippen LogP contribution is 2.29. The standard InChI is InChI=1S/C19H19NO4/c1-12-9-15-11-14(7-8-17(15)24-12)18(21)20-16(19(22)23)10-13-5-3-2-4-6-13/h2-8,11-12,16H,9-10H2,1H3,(H,20,21)(H,22,23)/t12?,16-/m0/s1. The Morgan fingerprint density at radius 2 is 2.00 bits per heavy atom. The minimum absolute atomic E-state index is 0.100. The molecule has 1 aliphatic rings. The van der Waals surface area contributed by atoms with Crippen LogP contribution in [0.2, 0.25) is 0 Å². The predicted molar refractivity (Wildman–Crippen MR) is 89.3 cm³/mol. The molecule has 2 N–H and O–H groups in total. The summed E-state index contributed by atoms with van der Waals surface area (Å²) in [5.41, 5.74) is 2.29. The molecule has 5 heteroatoms. The van der Waals surface area contributed by atoms with Gasteiger partial charge in [-0.15, -0.1) is 0 Å². The second-order valence-corrected chi connectivity index (χ2v) is 6.01. The Labute approximate surface area is 140 Å². The van der Waals surface area contributed by atoms with E-state index < -0.39 is 12.0 Å². The molecule has 1 amide bonds. The van der Waals surface area contributed by atoms with Crippen LogP contribution in [0.4, 0.5) is 0 Å². The molecule has 2 aromatic rings.